The maximum Gasteiger partial charge on any atom is 0.224 e. The van der Waals surface area contributed by atoms with Gasteiger partial charge in [-0.2, -0.15) is 5.10 Å². The number of anilines is 1. The Morgan fingerprint density at radius 1 is 1.30 bits per heavy atom. The van der Waals surface area contributed by atoms with E-state index in [2.05, 4.69) is 54.3 Å². The molecular formula is C16H14Br2N4O. The molecule has 1 aromatic heterocycles. The van der Waals surface area contributed by atoms with Crippen molar-refractivity contribution in [2.75, 3.05) is 5.43 Å². The smallest absolute Gasteiger partial charge is 0.224 e. The molecule has 5 nitrogen and oxygen atoms in total. The van der Waals surface area contributed by atoms with Crippen LogP contribution < -0.4 is 5.43 Å². The van der Waals surface area contributed by atoms with Crippen LogP contribution in [0.2, 0.25) is 0 Å². The molecule has 2 N–H and O–H groups in total. The van der Waals surface area contributed by atoms with Crippen LogP contribution in [0.3, 0.4) is 0 Å². The summed E-state index contributed by atoms with van der Waals surface area (Å²) in [6.07, 6.45) is 1.56. The summed E-state index contributed by atoms with van der Waals surface area (Å²) < 4.78 is 3.50. The van der Waals surface area contributed by atoms with Crippen LogP contribution in [0.15, 0.2) is 50.4 Å². The van der Waals surface area contributed by atoms with Gasteiger partial charge in [0.2, 0.25) is 5.95 Å². The van der Waals surface area contributed by atoms with Crippen molar-refractivity contribution in [3.8, 4) is 5.75 Å². The van der Waals surface area contributed by atoms with E-state index in [-0.39, 0.29) is 5.75 Å². The van der Waals surface area contributed by atoms with Gasteiger partial charge in [-0.15, -0.1) is 0 Å². The van der Waals surface area contributed by atoms with Gasteiger partial charge in [0, 0.05) is 16.6 Å². The van der Waals surface area contributed by atoms with Crippen LogP contribution in [-0.4, -0.2) is 20.9 Å². The highest BCUT2D eigenvalue weighted by Gasteiger charge is 2.08. The molecule has 23 heavy (non-hydrogen) atoms. The Hall–Kier alpha value is -1.86. The molecule has 0 aliphatic carbocycles. The molecule has 0 atom stereocenters. The molecule has 0 saturated carbocycles. The van der Waals surface area contributed by atoms with E-state index in [0.29, 0.717) is 16.0 Å². The van der Waals surface area contributed by atoms with E-state index in [1.807, 2.05) is 28.8 Å². The molecule has 0 fully saturated rings. The number of rotatable bonds is 4. The first-order chi connectivity index (χ1) is 11.1. The highest BCUT2D eigenvalue weighted by Crippen LogP contribution is 2.30. The first kappa shape index (κ1) is 16.0. The number of imidazole rings is 1. The van der Waals surface area contributed by atoms with E-state index in [4.69, 9.17) is 0 Å². The van der Waals surface area contributed by atoms with Crippen LogP contribution in [0.5, 0.6) is 5.75 Å². The third kappa shape index (κ3) is 3.25. The normalized spacial score (nSPS) is 11.4. The first-order valence-corrected chi connectivity index (χ1v) is 8.61. The molecule has 1 heterocycles. The SMILES string of the molecule is CCn1c(N/N=C\c2cc(Br)cc(Br)c2O)nc2ccccc21. The minimum Gasteiger partial charge on any atom is -0.506 e. The fourth-order valence-corrected chi connectivity index (χ4v) is 3.58. The number of nitrogens with zero attached hydrogens (tertiary/aromatic N) is 3. The van der Waals surface area contributed by atoms with Gasteiger partial charge in [-0.3, -0.25) is 0 Å². The predicted molar refractivity (Wildman–Crippen MR) is 100 cm³/mol. The van der Waals surface area contributed by atoms with Gasteiger partial charge in [0.05, 0.1) is 21.7 Å². The number of hydrogen-bond acceptors (Lipinski definition) is 4. The number of fused-ring (bicyclic) bond motifs is 1. The van der Waals surface area contributed by atoms with Crippen LogP contribution in [0.25, 0.3) is 11.0 Å². The minimum atomic E-state index is 0.141. The number of phenolic OH excluding ortho intramolecular Hbond substituents is 1. The number of para-hydroxylation sites is 2. The fraction of sp³-hybridized carbons (Fsp3) is 0.125. The highest BCUT2D eigenvalue weighted by atomic mass is 79.9. The molecule has 0 unspecified atom stereocenters. The summed E-state index contributed by atoms with van der Waals surface area (Å²) in [6, 6.07) is 11.5. The lowest BCUT2D eigenvalue weighted by Crippen LogP contribution is -2.02. The number of hydrazone groups is 1. The standard InChI is InChI=1S/C16H14Br2N4O/c1-2-22-14-6-4-3-5-13(14)20-16(22)21-19-9-10-7-11(17)8-12(18)15(10)23/h3-9,23H,2H2,1H3,(H,20,21)/b19-9-. The summed E-state index contributed by atoms with van der Waals surface area (Å²) in [5, 5.41) is 14.2. The Balaban J connectivity index is 1.89. The van der Waals surface area contributed by atoms with Gasteiger partial charge in [0.1, 0.15) is 5.75 Å². The summed E-state index contributed by atoms with van der Waals surface area (Å²) in [5.41, 5.74) is 5.52. The highest BCUT2D eigenvalue weighted by molar-refractivity contribution is 9.11. The fourth-order valence-electron chi connectivity index (χ4n) is 2.32. The lowest BCUT2D eigenvalue weighted by molar-refractivity contribution is 0.471. The zero-order valence-electron chi connectivity index (χ0n) is 12.3. The van der Waals surface area contributed by atoms with Crippen LogP contribution in [0.1, 0.15) is 12.5 Å². The van der Waals surface area contributed by atoms with Crippen molar-refractivity contribution < 1.29 is 5.11 Å². The lowest BCUT2D eigenvalue weighted by Gasteiger charge is -2.05. The van der Waals surface area contributed by atoms with Gasteiger partial charge in [-0.25, -0.2) is 10.4 Å². The van der Waals surface area contributed by atoms with Crippen molar-refractivity contribution >= 4 is 55.1 Å². The number of halogens is 2. The first-order valence-electron chi connectivity index (χ1n) is 7.02. The van der Waals surface area contributed by atoms with Gasteiger partial charge in [-0.05, 0) is 47.1 Å². The second-order valence-electron chi connectivity index (χ2n) is 4.86. The Morgan fingerprint density at radius 2 is 2.09 bits per heavy atom. The molecule has 0 amide bonds. The van der Waals surface area contributed by atoms with Crippen LogP contribution in [0.4, 0.5) is 5.95 Å². The van der Waals surface area contributed by atoms with Gasteiger partial charge in [0.25, 0.3) is 0 Å². The molecule has 3 rings (SSSR count). The molecule has 2 aromatic carbocycles. The van der Waals surface area contributed by atoms with Crippen molar-refractivity contribution in [1.82, 2.24) is 9.55 Å². The zero-order valence-corrected chi connectivity index (χ0v) is 15.5. The van der Waals surface area contributed by atoms with Crippen molar-refractivity contribution in [1.29, 1.82) is 0 Å². The number of aromatic nitrogens is 2. The van der Waals surface area contributed by atoms with Crippen molar-refractivity contribution in [3.05, 3.63) is 50.9 Å². The van der Waals surface area contributed by atoms with Crippen LogP contribution >= 0.6 is 31.9 Å². The monoisotopic (exact) mass is 436 g/mol. The van der Waals surface area contributed by atoms with E-state index < -0.39 is 0 Å². The summed E-state index contributed by atoms with van der Waals surface area (Å²) in [6.45, 7) is 2.84. The van der Waals surface area contributed by atoms with E-state index in [1.165, 1.54) is 0 Å². The molecule has 0 radical (unpaired) electrons. The minimum absolute atomic E-state index is 0.141. The van der Waals surface area contributed by atoms with Crippen molar-refractivity contribution in [3.63, 3.8) is 0 Å². The number of hydrogen-bond donors (Lipinski definition) is 2. The van der Waals surface area contributed by atoms with E-state index in [9.17, 15) is 5.11 Å². The second kappa shape index (κ2) is 6.72. The maximum absolute atomic E-state index is 10.0. The Morgan fingerprint density at radius 3 is 2.87 bits per heavy atom. The Bertz CT molecular complexity index is 889. The van der Waals surface area contributed by atoms with E-state index in [1.54, 1.807) is 18.3 Å². The third-order valence-corrected chi connectivity index (χ3v) is 4.46. The molecule has 0 saturated heterocycles. The maximum atomic E-state index is 10.0. The number of phenols is 1. The van der Waals surface area contributed by atoms with Crippen LogP contribution in [-0.2, 0) is 6.54 Å². The molecule has 0 aliphatic rings. The summed E-state index contributed by atoms with van der Waals surface area (Å²) >= 11 is 6.69. The van der Waals surface area contributed by atoms with Gasteiger partial charge in [-0.1, -0.05) is 28.1 Å². The quantitative estimate of drug-likeness (QED) is 0.458. The molecule has 3 aromatic rings. The Kier molecular flexibility index (Phi) is 4.68. The van der Waals surface area contributed by atoms with Crippen LogP contribution in [0, 0.1) is 0 Å². The molecule has 0 aliphatic heterocycles. The molecule has 118 valence electrons. The van der Waals surface area contributed by atoms with E-state index >= 15 is 0 Å². The van der Waals surface area contributed by atoms with Crippen molar-refractivity contribution in [2.24, 2.45) is 5.10 Å². The molecule has 0 bridgehead atoms. The summed E-state index contributed by atoms with van der Waals surface area (Å²) in [4.78, 5) is 4.53. The number of aryl methyl sites for hydroxylation is 1. The van der Waals surface area contributed by atoms with Gasteiger partial charge >= 0.3 is 0 Å². The molecular weight excluding hydrogens is 424 g/mol. The van der Waals surface area contributed by atoms with E-state index in [0.717, 1.165) is 22.1 Å². The molecule has 7 heteroatoms. The summed E-state index contributed by atoms with van der Waals surface area (Å²) in [7, 11) is 0. The zero-order chi connectivity index (χ0) is 16.4. The largest absolute Gasteiger partial charge is 0.506 e. The van der Waals surface area contributed by atoms with Gasteiger partial charge in [0.15, 0.2) is 0 Å². The summed E-state index contributed by atoms with van der Waals surface area (Å²) in [5.74, 6) is 0.807. The number of aromatic hydroxyl groups is 1. The number of nitrogens with one attached hydrogen (secondary N) is 1. The second-order valence-corrected chi connectivity index (χ2v) is 6.63. The molecule has 0 spiro atoms. The Labute approximate surface area is 150 Å². The predicted octanol–water partition coefficient (Wildman–Crippen LogP) is 4.73. The topological polar surface area (TPSA) is 62.4 Å². The van der Waals surface area contributed by atoms with Gasteiger partial charge < -0.3 is 9.67 Å². The third-order valence-electron chi connectivity index (χ3n) is 3.40. The lowest BCUT2D eigenvalue weighted by atomic mass is 10.2. The number of benzene rings is 2. The van der Waals surface area contributed by atoms with Crippen molar-refractivity contribution in [2.45, 2.75) is 13.5 Å². The average Bonchev–Trinajstić information content (AvgIpc) is 2.89. The average molecular weight is 438 g/mol.